The first kappa shape index (κ1) is 16.7. The van der Waals surface area contributed by atoms with Crippen molar-refractivity contribution in [1.29, 1.82) is 0 Å². The van der Waals surface area contributed by atoms with Crippen LogP contribution in [-0.2, 0) is 19.3 Å². The third-order valence-corrected chi connectivity index (χ3v) is 6.10. The minimum absolute atomic E-state index is 0.123. The molecule has 132 valence electrons. The fourth-order valence-corrected chi connectivity index (χ4v) is 4.73. The van der Waals surface area contributed by atoms with E-state index in [1.54, 1.807) is 6.07 Å². The highest BCUT2D eigenvalue weighted by molar-refractivity contribution is 5.33. The van der Waals surface area contributed by atoms with Gasteiger partial charge in [-0.1, -0.05) is 42.5 Å². The van der Waals surface area contributed by atoms with Gasteiger partial charge in [-0.25, -0.2) is 4.39 Å². The Morgan fingerprint density at radius 1 is 1.04 bits per heavy atom. The van der Waals surface area contributed by atoms with Crippen molar-refractivity contribution in [1.82, 2.24) is 4.90 Å². The average Bonchev–Trinajstić information content (AvgIpc) is 3.08. The molecule has 2 aromatic carbocycles. The maximum Gasteiger partial charge on any atom is 0.126 e. The molecular weight excluding hydrogens is 313 g/mol. The zero-order valence-electron chi connectivity index (χ0n) is 14.6. The van der Waals surface area contributed by atoms with Crippen LogP contribution in [0, 0.1) is 11.2 Å². The predicted molar refractivity (Wildman–Crippen MR) is 98.1 cm³/mol. The number of nitrogens with zero attached hydrogens (tertiary/aromatic N) is 1. The molecule has 2 aromatic rings. The van der Waals surface area contributed by atoms with E-state index in [-0.39, 0.29) is 17.8 Å². The Morgan fingerprint density at radius 3 is 2.40 bits per heavy atom. The summed E-state index contributed by atoms with van der Waals surface area (Å²) in [4.78, 5) is 2.54. The van der Waals surface area contributed by atoms with Crippen molar-refractivity contribution >= 4 is 0 Å². The van der Waals surface area contributed by atoms with Crippen molar-refractivity contribution in [2.75, 3.05) is 19.7 Å². The number of aliphatic hydroxyl groups excluding tert-OH is 1. The van der Waals surface area contributed by atoms with Gasteiger partial charge in [0.25, 0.3) is 0 Å². The van der Waals surface area contributed by atoms with Crippen molar-refractivity contribution in [3.05, 3.63) is 71.0 Å². The van der Waals surface area contributed by atoms with E-state index in [1.807, 2.05) is 12.1 Å². The molecule has 0 radical (unpaired) electrons. The van der Waals surface area contributed by atoms with Gasteiger partial charge in [-0.3, -0.25) is 4.90 Å². The summed E-state index contributed by atoms with van der Waals surface area (Å²) in [7, 11) is 0. The minimum Gasteiger partial charge on any atom is -0.396 e. The van der Waals surface area contributed by atoms with Crippen LogP contribution >= 0.6 is 0 Å². The normalized spacial score (nSPS) is 24.4. The number of piperidine rings is 1. The Morgan fingerprint density at radius 2 is 1.72 bits per heavy atom. The molecule has 1 heterocycles. The third kappa shape index (κ3) is 3.36. The number of hydrogen-bond donors (Lipinski definition) is 1. The lowest BCUT2D eigenvalue weighted by Crippen LogP contribution is -2.50. The SMILES string of the molecule is OCC1(Cc2ccccc2F)CCCN(C2Cc3ccccc3C2)C1. The van der Waals surface area contributed by atoms with Gasteiger partial charge in [0.2, 0.25) is 0 Å². The number of aliphatic hydroxyl groups is 1. The molecule has 1 fully saturated rings. The van der Waals surface area contributed by atoms with Crippen LogP contribution in [0.3, 0.4) is 0 Å². The monoisotopic (exact) mass is 339 g/mol. The lowest BCUT2D eigenvalue weighted by atomic mass is 9.75. The quantitative estimate of drug-likeness (QED) is 0.920. The Balaban J connectivity index is 1.50. The van der Waals surface area contributed by atoms with Gasteiger partial charge in [-0.05, 0) is 61.4 Å². The highest BCUT2D eigenvalue weighted by Gasteiger charge is 2.39. The summed E-state index contributed by atoms with van der Waals surface area (Å²) >= 11 is 0. The summed E-state index contributed by atoms with van der Waals surface area (Å²) in [5, 5.41) is 10.2. The molecule has 0 aromatic heterocycles. The van der Waals surface area contributed by atoms with Gasteiger partial charge in [0.1, 0.15) is 5.82 Å². The summed E-state index contributed by atoms with van der Waals surface area (Å²) < 4.78 is 14.1. The van der Waals surface area contributed by atoms with Crippen LogP contribution in [-0.4, -0.2) is 35.7 Å². The highest BCUT2D eigenvalue weighted by atomic mass is 19.1. The topological polar surface area (TPSA) is 23.5 Å². The third-order valence-electron chi connectivity index (χ3n) is 6.10. The van der Waals surface area contributed by atoms with E-state index in [1.165, 1.54) is 17.2 Å². The zero-order valence-corrected chi connectivity index (χ0v) is 14.6. The van der Waals surface area contributed by atoms with Crippen LogP contribution in [0.1, 0.15) is 29.5 Å². The number of fused-ring (bicyclic) bond motifs is 1. The molecule has 4 rings (SSSR count). The summed E-state index contributed by atoms with van der Waals surface area (Å²) in [6.45, 7) is 2.06. The molecule has 2 nitrogen and oxygen atoms in total. The van der Waals surface area contributed by atoms with Crippen LogP contribution in [0.25, 0.3) is 0 Å². The number of likely N-dealkylation sites (tertiary alicyclic amines) is 1. The maximum absolute atomic E-state index is 14.1. The fraction of sp³-hybridized carbons (Fsp3) is 0.455. The molecule has 0 amide bonds. The van der Waals surface area contributed by atoms with Crippen LogP contribution in [0.4, 0.5) is 4.39 Å². The van der Waals surface area contributed by atoms with Gasteiger partial charge in [-0.15, -0.1) is 0 Å². The van der Waals surface area contributed by atoms with E-state index in [0.29, 0.717) is 12.5 Å². The Kier molecular flexibility index (Phi) is 4.61. The Bertz CT molecular complexity index is 721. The maximum atomic E-state index is 14.1. The largest absolute Gasteiger partial charge is 0.396 e. The molecule has 0 spiro atoms. The molecule has 0 bridgehead atoms. The smallest absolute Gasteiger partial charge is 0.126 e. The van der Waals surface area contributed by atoms with Crippen molar-refractivity contribution in [2.45, 2.75) is 38.1 Å². The summed E-state index contributed by atoms with van der Waals surface area (Å²) in [5.74, 6) is -0.152. The van der Waals surface area contributed by atoms with E-state index >= 15 is 0 Å². The zero-order chi connectivity index (χ0) is 17.3. The number of rotatable bonds is 4. The van der Waals surface area contributed by atoms with Crippen LogP contribution in [0.2, 0.25) is 0 Å². The van der Waals surface area contributed by atoms with E-state index in [2.05, 4.69) is 29.2 Å². The van der Waals surface area contributed by atoms with Gasteiger partial charge in [0.05, 0.1) is 6.61 Å². The summed E-state index contributed by atoms with van der Waals surface area (Å²) in [5.41, 5.74) is 3.42. The van der Waals surface area contributed by atoms with E-state index in [0.717, 1.165) is 44.3 Å². The molecule has 1 saturated heterocycles. The molecule has 3 heteroatoms. The molecule has 0 saturated carbocycles. The van der Waals surface area contributed by atoms with Crippen molar-refractivity contribution < 1.29 is 9.50 Å². The molecule has 1 unspecified atom stereocenters. The average molecular weight is 339 g/mol. The van der Waals surface area contributed by atoms with Gasteiger partial charge in [-0.2, -0.15) is 0 Å². The van der Waals surface area contributed by atoms with E-state index in [9.17, 15) is 9.50 Å². The number of halogens is 1. The minimum atomic E-state index is -0.227. The fourth-order valence-electron chi connectivity index (χ4n) is 4.73. The lowest BCUT2D eigenvalue weighted by molar-refractivity contribution is 0.0137. The predicted octanol–water partition coefficient (Wildman–Crippen LogP) is 3.61. The second-order valence-electron chi connectivity index (χ2n) is 7.83. The van der Waals surface area contributed by atoms with E-state index in [4.69, 9.17) is 0 Å². The summed E-state index contributed by atoms with van der Waals surface area (Å²) in [6.07, 6.45) is 4.84. The first-order chi connectivity index (χ1) is 12.2. The van der Waals surface area contributed by atoms with Crippen molar-refractivity contribution in [3.63, 3.8) is 0 Å². The number of benzene rings is 2. The molecule has 25 heavy (non-hydrogen) atoms. The van der Waals surface area contributed by atoms with Crippen molar-refractivity contribution in [3.8, 4) is 0 Å². The Hall–Kier alpha value is -1.71. The Labute approximate surface area is 149 Å². The van der Waals surface area contributed by atoms with Gasteiger partial charge >= 0.3 is 0 Å². The van der Waals surface area contributed by atoms with Gasteiger partial charge in [0, 0.05) is 18.0 Å². The van der Waals surface area contributed by atoms with Crippen LogP contribution in [0.15, 0.2) is 48.5 Å². The first-order valence-corrected chi connectivity index (χ1v) is 9.34. The lowest BCUT2D eigenvalue weighted by Gasteiger charge is -2.44. The van der Waals surface area contributed by atoms with E-state index < -0.39 is 0 Å². The molecule has 2 aliphatic rings. The second kappa shape index (κ2) is 6.89. The second-order valence-corrected chi connectivity index (χ2v) is 7.83. The molecule has 1 aliphatic heterocycles. The van der Waals surface area contributed by atoms with Gasteiger partial charge in [0.15, 0.2) is 0 Å². The summed E-state index contributed by atoms with van der Waals surface area (Å²) in [6, 6.07) is 16.2. The molecule has 1 N–H and O–H groups in total. The van der Waals surface area contributed by atoms with Crippen molar-refractivity contribution in [2.24, 2.45) is 5.41 Å². The van der Waals surface area contributed by atoms with Gasteiger partial charge < -0.3 is 5.11 Å². The van der Waals surface area contributed by atoms with Crippen LogP contribution in [0.5, 0.6) is 0 Å². The van der Waals surface area contributed by atoms with Crippen LogP contribution < -0.4 is 0 Å². The molecule has 1 atom stereocenters. The number of hydrogen-bond acceptors (Lipinski definition) is 2. The first-order valence-electron chi connectivity index (χ1n) is 9.34. The standard InChI is InChI=1S/C22H26FNO/c23-21-9-4-3-8-19(21)14-22(16-25)10-5-11-24(15-22)20-12-17-6-1-2-7-18(17)13-20/h1-4,6-9,20,25H,5,10-16H2. The highest BCUT2D eigenvalue weighted by Crippen LogP contribution is 2.37. The molecule has 1 aliphatic carbocycles. The molecular formula is C22H26FNO.